The van der Waals surface area contributed by atoms with Crippen molar-refractivity contribution in [3.05, 3.63) is 192 Å². The van der Waals surface area contributed by atoms with Gasteiger partial charge in [-0.25, -0.2) is 9.97 Å². The summed E-state index contributed by atoms with van der Waals surface area (Å²) in [7, 11) is 0. The van der Waals surface area contributed by atoms with E-state index in [1.807, 2.05) is 79.1 Å². The zero-order chi connectivity index (χ0) is 50.7. The summed E-state index contributed by atoms with van der Waals surface area (Å²) in [5.41, 5.74) is 8.70. The van der Waals surface area contributed by atoms with Crippen LogP contribution in [0.15, 0.2) is 158 Å². The lowest BCUT2D eigenvalue weighted by Crippen LogP contribution is -2.27. The van der Waals surface area contributed by atoms with Crippen molar-refractivity contribution in [2.45, 2.75) is 129 Å². The van der Waals surface area contributed by atoms with Gasteiger partial charge in [0.1, 0.15) is 29.4 Å². The molecule has 0 aliphatic heterocycles. The fourth-order valence-electron chi connectivity index (χ4n) is 8.86. The number of rotatable bonds is 32. The number of benzene rings is 3. The van der Waals surface area contributed by atoms with Crippen LogP contribution in [0, 0.1) is 0 Å². The number of amides is 1. The van der Waals surface area contributed by atoms with Crippen LogP contribution in [-0.2, 0) is 43.8 Å². The van der Waals surface area contributed by atoms with Gasteiger partial charge in [0.2, 0.25) is 5.91 Å². The van der Waals surface area contributed by atoms with Crippen LogP contribution in [-0.4, -0.2) is 61.3 Å². The molecular formula is C61H75N9O3. The van der Waals surface area contributed by atoms with E-state index in [9.17, 15) is 9.90 Å². The molecular weight excluding hydrogens is 907 g/mol. The molecule has 12 heteroatoms. The molecule has 0 fully saturated rings. The Kier molecular flexibility index (Phi) is 22.2. The van der Waals surface area contributed by atoms with E-state index in [0.717, 1.165) is 98.4 Å². The molecule has 0 aliphatic rings. The number of pyridine rings is 4. The Morgan fingerprint density at radius 1 is 0.589 bits per heavy atom. The van der Waals surface area contributed by atoms with Crippen molar-refractivity contribution < 1.29 is 14.6 Å². The Bertz CT molecular complexity index is 2660. The number of hydrogen-bond donors (Lipinski definition) is 5. The van der Waals surface area contributed by atoms with Crippen molar-refractivity contribution in [1.29, 1.82) is 0 Å². The van der Waals surface area contributed by atoms with Gasteiger partial charge in [0, 0.05) is 63.2 Å². The molecule has 7 aromatic rings. The average Bonchev–Trinajstić information content (AvgIpc) is 3.40. The molecule has 5 N–H and O–H groups in total. The van der Waals surface area contributed by atoms with Gasteiger partial charge in [0.15, 0.2) is 0 Å². The normalized spacial score (nSPS) is 12.1. The van der Waals surface area contributed by atoms with Crippen LogP contribution in [0.2, 0.25) is 0 Å². The second-order valence-electron chi connectivity index (χ2n) is 18.9. The SMILES string of the molecule is CCCCCC(=O)Nc1cccc(CN(Cc2cc(CC(Cc3ccccn3)Nc3cccc(NC(O)CCCCC)n3)cc(OCCCCNCc3ccc(-c4ccccc4)cc3)c2)Cc2ccccn2)n1. The number of aliphatic hydroxyl groups is 1. The predicted molar refractivity (Wildman–Crippen MR) is 296 cm³/mol. The third-order valence-electron chi connectivity index (χ3n) is 12.6. The summed E-state index contributed by atoms with van der Waals surface area (Å²) in [5, 5.41) is 24.3. The standard InChI is InChI=1S/C61H75N9O3/c1-3-5-8-28-60(71)68-58-25-18-24-54(65-58)46-70(45-53-23-13-15-36-64-53)44-49-38-48(40-56(41-49)73-37-17-16-34-62-43-47-30-32-51(33-31-47)50-20-10-7-11-21-50)39-55(42-52-22-12-14-35-63-52)66-57-26-19-27-59(67-57)69-61(72)29-9-6-4-2/h7,10-15,18-27,30-33,35-36,38,40-41,55,61-62,72H,3-6,8-9,16-17,28-29,34,37,39,42-46H2,1-2H3,(H,65,68,71)(H2,66,67,69). The summed E-state index contributed by atoms with van der Waals surface area (Å²) in [6.45, 7) is 8.31. The monoisotopic (exact) mass is 982 g/mol. The van der Waals surface area contributed by atoms with E-state index in [4.69, 9.17) is 24.7 Å². The summed E-state index contributed by atoms with van der Waals surface area (Å²) >= 11 is 0. The first-order valence-electron chi connectivity index (χ1n) is 26.4. The molecule has 1 amide bonds. The second-order valence-corrected chi connectivity index (χ2v) is 18.9. The number of anilines is 3. The van der Waals surface area contributed by atoms with E-state index in [2.05, 4.69) is 119 Å². The number of hydrogen-bond acceptors (Lipinski definition) is 11. The number of aliphatic hydroxyl groups excluding tert-OH is 1. The van der Waals surface area contributed by atoms with Crippen molar-refractivity contribution in [2.24, 2.45) is 0 Å². The molecule has 0 aliphatic carbocycles. The topological polar surface area (TPSA) is 149 Å². The van der Waals surface area contributed by atoms with Crippen LogP contribution in [0.1, 0.15) is 112 Å². The zero-order valence-corrected chi connectivity index (χ0v) is 42.9. The van der Waals surface area contributed by atoms with Crippen LogP contribution in [0.25, 0.3) is 11.1 Å². The van der Waals surface area contributed by atoms with E-state index in [-0.39, 0.29) is 11.9 Å². The van der Waals surface area contributed by atoms with E-state index >= 15 is 0 Å². The van der Waals surface area contributed by atoms with Gasteiger partial charge in [0.05, 0.1) is 18.0 Å². The van der Waals surface area contributed by atoms with Crippen LogP contribution >= 0.6 is 0 Å². The number of aromatic nitrogens is 4. The molecule has 0 saturated carbocycles. The predicted octanol–water partition coefficient (Wildman–Crippen LogP) is 12.2. The largest absolute Gasteiger partial charge is 0.494 e. The number of nitrogens with zero attached hydrogens (tertiary/aromatic N) is 5. The maximum Gasteiger partial charge on any atom is 0.225 e. The van der Waals surface area contributed by atoms with Gasteiger partial charge < -0.3 is 31.1 Å². The molecule has 0 spiro atoms. The van der Waals surface area contributed by atoms with E-state index in [1.54, 1.807) is 0 Å². The Balaban J connectivity index is 1.08. The van der Waals surface area contributed by atoms with Crippen molar-refractivity contribution >= 4 is 23.4 Å². The molecule has 0 saturated heterocycles. The van der Waals surface area contributed by atoms with Crippen LogP contribution < -0.4 is 26.0 Å². The molecule has 382 valence electrons. The summed E-state index contributed by atoms with van der Waals surface area (Å²) in [4.78, 5) is 34.3. The van der Waals surface area contributed by atoms with Crippen molar-refractivity contribution in [1.82, 2.24) is 30.2 Å². The van der Waals surface area contributed by atoms with Gasteiger partial charge >= 0.3 is 0 Å². The van der Waals surface area contributed by atoms with Crippen LogP contribution in [0.4, 0.5) is 17.5 Å². The van der Waals surface area contributed by atoms with Crippen molar-refractivity contribution in [3.8, 4) is 16.9 Å². The lowest BCUT2D eigenvalue weighted by atomic mass is 9.99. The van der Waals surface area contributed by atoms with Gasteiger partial charge in [-0.3, -0.25) is 19.7 Å². The molecule has 0 radical (unpaired) electrons. The quantitative estimate of drug-likeness (QED) is 0.0203. The molecule has 0 bridgehead atoms. The third-order valence-corrected chi connectivity index (χ3v) is 12.6. The zero-order valence-electron chi connectivity index (χ0n) is 42.9. The number of ether oxygens (including phenoxy) is 1. The van der Waals surface area contributed by atoms with E-state index in [0.29, 0.717) is 69.4 Å². The number of nitrogens with one attached hydrogen (secondary N) is 4. The highest BCUT2D eigenvalue weighted by Gasteiger charge is 2.18. The summed E-state index contributed by atoms with van der Waals surface area (Å²) in [5.74, 6) is 2.71. The summed E-state index contributed by atoms with van der Waals surface area (Å²) in [6, 6.07) is 49.5. The molecule has 4 aromatic heterocycles. The third kappa shape index (κ3) is 19.5. The lowest BCUT2D eigenvalue weighted by Gasteiger charge is -2.24. The smallest absolute Gasteiger partial charge is 0.225 e. The Morgan fingerprint density at radius 2 is 1.26 bits per heavy atom. The summed E-state index contributed by atoms with van der Waals surface area (Å²) in [6.07, 6.45) is 13.4. The maximum absolute atomic E-state index is 12.8. The fourth-order valence-corrected chi connectivity index (χ4v) is 8.86. The second kappa shape index (κ2) is 30.1. The first-order chi connectivity index (χ1) is 35.9. The number of carbonyl (C=O) groups is 1. The Labute approximate surface area is 433 Å². The van der Waals surface area contributed by atoms with Crippen LogP contribution in [0.5, 0.6) is 5.75 Å². The average molecular weight is 982 g/mol. The number of carbonyl (C=O) groups excluding carboxylic acids is 1. The minimum Gasteiger partial charge on any atom is -0.494 e. The first-order valence-corrected chi connectivity index (χ1v) is 26.4. The molecule has 7 rings (SSSR count). The van der Waals surface area contributed by atoms with Gasteiger partial charge in [-0.1, -0.05) is 124 Å². The first kappa shape index (κ1) is 53.8. The highest BCUT2D eigenvalue weighted by molar-refractivity contribution is 5.89. The van der Waals surface area contributed by atoms with Gasteiger partial charge in [0.25, 0.3) is 0 Å². The van der Waals surface area contributed by atoms with Crippen molar-refractivity contribution in [2.75, 3.05) is 29.1 Å². The molecule has 3 aromatic carbocycles. The molecule has 2 atom stereocenters. The lowest BCUT2D eigenvalue weighted by molar-refractivity contribution is -0.116. The van der Waals surface area contributed by atoms with E-state index in [1.165, 1.54) is 16.7 Å². The highest BCUT2D eigenvalue weighted by atomic mass is 16.5. The number of unbranched alkanes of at least 4 members (excludes halogenated alkanes) is 5. The van der Waals surface area contributed by atoms with Gasteiger partial charge in [-0.2, -0.15) is 0 Å². The van der Waals surface area contributed by atoms with Crippen LogP contribution in [0.3, 0.4) is 0 Å². The highest BCUT2D eigenvalue weighted by Crippen LogP contribution is 2.25. The minimum absolute atomic E-state index is 0.0124. The fraction of sp³-hybridized carbons (Fsp3) is 0.361. The maximum atomic E-state index is 12.8. The molecule has 73 heavy (non-hydrogen) atoms. The van der Waals surface area contributed by atoms with E-state index < -0.39 is 6.23 Å². The molecule has 4 heterocycles. The molecule has 2 unspecified atom stereocenters. The van der Waals surface area contributed by atoms with Crippen molar-refractivity contribution in [3.63, 3.8) is 0 Å². The minimum atomic E-state index is -0.669. The Hall–Kier alpha value is -6.99. The molecule has 12 nitrogen and oxygen atoms in total. The van der Waals surface area contributed by atoms with Gasteiger partial charge in [-0.15, -0.1) is 0 Å². The van der Waals surface area contributed by atoms with Gasteiger partial charge in [-0.05, 0) is 134 Å². The summed E-state index contributed by atoms with van der Waals surface area (Å²) < 4.78 is 6.63. The Morgan fingerprint density at radius 3 is 2.03 bits per heavy atom.